The molecule has 1 aliphatic heterocycles. The zero-order chi connectivity index (χ0) is 16.9. The van der Waals surface area contributed by atoms with Crippen molar-refractivity contribution in [1.82, 2.24) is 9.80 Å². The van der Waals surface area contributed by atoms with E-state index in [-0.39, 0.29) is 0 Å². The molecule has 0 bridgehead atoms. The first kappa shape index (κ1) is 17.5. The largest absolute Gasteiger partial charge is 0.337 e. The van der Waals surface area contributed by atoms with Gasteiger partial charge < -0.3 is 4.90 Å². The zero-order valence-electron chi connectivity index (χ0n) is 15.3. The molecule has 1 saturated carbocycles. The van der Waals surface area contributed by atoms with Crippen molar-refractivity contribution in [2.75, 3.05) is 19.6 Å². The van der Waals surface area contributed by atoms with Crippen LogP contribution < -0.4 is 0 Å². The molecule has 132 valence electrons. The van der Waals surface area contributed by atoms with Gasteiger partial charge in [0, 0.05) is 31.1 Å². The van der Waals surface area contributed by atoms with Gasteiger partial charge in [0.05, 0.1) is 0 Å². The molecule has 0 aromatic heterocycles. The van der Waals surface area contributed by atoms with E-state index in [0.717, 1.165) is 38.9 Å². The Labute approximate surface area is 147 Å². The van der Waals surface area contributed by atoms with Crippen LogP contribution in [0, 0.1) is 5.92 Å². The molecular weight excluding hydrogens is 296 g/mol. The summed E-state index contributed by atoms with van der Waals surface area (Å²) < 4.78 is 0. The van der Waals surface area contributed by atoms with Gasteiger partial charge in [-0.25, -0.2) is 0 Å². The van der Waals surface area contributed by atoms with Crippen molar-refractivity contribution in [3.63, 3.8) is 0 Å². The lowest BCUT2D eigenvalue weighted by Crippen LogP contribution is -2.59. The van der Waals surface area contributed by atoms with Crippen LogP contribution in [0.3, 0.4) is 0 Å². The molecular formula is C21H32N2O. The van der Waals surface area contributed by atoms with Crippen LogP contribution in [-0.4, -0.2) is 47.4 Å². The molecule has 2 unspecified atom stereocenters. The standard InChI is InChI=1S/C21H32N2O/c1-17-16-23(21(24)20-12-6-7-13-20)18(2)15-22(17)14-8-11-19-9-4-3-5-10-19/h3-5,9-10,17-18,20H,6-8,11-16H2,1-2H3. The van der Waals surface area contributed by atoms with Crippen LogP contribution in [0.4, 0.5) is 0 Å². The molecule has 1 aliphatic carbocycles. The maximum atomic E-state index is 12.8. The second kappa shape index (κ2) is 8.15. The van der Waals surface area contributed by atoms with Gasteiger partial charge in [-0.3, -0.25) is 9.69 Å². The molecule has 3 heteroatoms. The van der Waals surface area contributed by atoms with Gasteiger partial charge in [0.15, 0.2) is 0 Å². The van der Waals surface area contributed by atoms with Crippen LogP contribution in [0.15, 0.2) is 30.3 Å². The molecule has 1 amide bonds. The van der Waals surface area contributed by atoms with Crippen molar-refractivity contribution in [3.8, 4) is 0 Å². The number of hydrogen-bond acceptors (Lipinski definition) is 2. The SMILES string of the molecule is CC1CN(C(=O)C2CCCC2)C(C)CN1CCCc1ccccc1. The highest BCUT2D eigenvalue weighted by Gasteiger charge is 2.35. The molecule has 0 radical (unpaired) electrons. The molecule has 2 fully saturated rings. The van der Waals surface area contributed by atoms with Gasteiger partial charge in [-0.15, -0.1) is 0 Å². The quantitative estimate of drug-likeness (QED) is 0.822. The average molecular weight is 328 g/mol. The maximum absolute atomic E-state index is 12.8. The van der Waals surface area contributed by atoms with Crippen molar-refractivity contribution in [3.05, 3.63) is 35.9 Å². The third-order valence-corrected chi connectivity index (χ3v) is 5.86. The molecule has 1 heterocycles. The molecule has 1 saturated heterocycles. The summed E-state index contributed by atoms with van der Waals surface area (Å²) in [4.78, 5) is 17.5. The Bertz CT molecular complexity index is 524. The van der Waals surface area contributed by atoms with E-state index in [1.165, 1.54) is 24.8 Å². The van der Waals surface area contributed by atoms with Crippen LogP contribution in [0.25, 0.3) is 0 Å². The zero-order valence-corrected chi connectivity index (χ0v) is 15.3. The first-order valence-electron chi connectivity index (χ1n) is 9.73. The molecule has 0 N–H and O–H groups in total. The third-order valence-electron chi connectivity index (χ3n) is 5.86. The lowest BCUT2D eigenvalue weighted by Gasteiger charge is -2.45. The van der Waals surface area contributed by atoms with Crippen LogP contribution in [0.5, 0.6) is 0 Å². The number of amides is 1. The Balaban J connectivity index is 1.48. The Hall–Kier alpha value is -1.35. The fourth-order valence-corrected chi connectivity index (χ4v) is 4.36. The summed E-state index contributed by atoms with van der Waals surface area (Å²) in [5.74, 6) is 0.736. The molecule has 3 nitrogen and oxygen atoms in total. The van der Waals surface area contributed by atoms with Gasteiger partial charge in [-0.2, -0.15) is 0 Å². The predicted octanol–water partition coefficient (Wildman–Crippen LogP) is 3.73. The topological polar surface area (TPSA) is 23.6 Å². The van der Waals surface area contributed by atoms with Crippen molar-refractivity contribution >= 4 is 5.91 Å². The van der Waals surface area contributed by atoms with Crippen LogP contribution in [0.1, 0.15) is 51.5 Å². The number of aryl methyl sites for hydroxylation is 1. The van der Waals surface area contributed by atoms with Crippen LogP contribution in [-0.2, 0) is 11.2 Å². The monoisotopic (exact) mass is 328 g/mol. The number of hydrogen-bond donors (Lipinski definition) is 0. The first-order valence-corrected chi connectivity index (χ1v) is 9.73. The summed E-state index contributed by atoms with van der Waals surface area (Å²) in [6.07, 6.45) is 7.02. The molecule has 2 aliphatic rings. The van der Waals surface area contributed by atoms with E-state index in [4.69, 9.17) is 0 Å². The minimum absolute atomic E-state index is 0.310. The van der Waals surface area contributed by atoms with E-state index in [1.807, 2.05) is 0 Å². The summed E-state index contributed by atoms with van der Waals surface area (Å²) in [5.41, 5.74) is 1.42. The number of benzene rings is 1. The number of carbonyl (C=O) groups excluding carboxylic acids is 1. The summed E-state index contributed by atoms with van der Waals surface area (Å²) in [6, 6.07) is 11.6. The van der Waals surface area contributed by atoms with Gasteiger partial charge in [-0.1, -0.05) is 43.2 Å². The number of piperazine rings is 1. The summed E-state index contributed by atoms with van der Waals surface area (Å²) in [5, 5.41) is 0. The smallest absolute Gasteiger partial charge is 0.226 e. The second-order valence-electron chi connectivity index (χ2n) is 7.75. The van der Waals surface area contributed by atoms with E-state index in [0.29, 0.717) is 23.9 Å². The summed E-state index contributed by atoms with van der Waals surface area (Å²) in [6.45, 7) is 7.56. The Morgan fingerprint density at radius 2 is 1.75 bits per heavy atom. The summed E-state index contributed by atoms with van der Waals surface area (Å²) in [7, 11) is 0. The van der Waals surface area contributed by atoms with E-state index in [2.05, 4.69) is 54.0 Å². The minimum atomic E-state index is 0.310. The lowest BCUT2D eigenvalue weighted by atomic mass is 10.0. The van der Waals surface area contributed by atoms with Crippen molar-refractivity contribution in [1.29, 1.82) is 0 Å². The number of carbonyl (C=O) groups is 1. The molecule has 0 spiro atoms. The van der Waals surface area contributed by atoms with E-state index in [1.54, 1.807) is 0 Å². The fourth-order valence-electron chi connectivity index (χ4n) is 4.36. The fraction of sp³-hybridized carbons (Fsp3) is 0.667. The van der Waals surface area contributed by atoms with Crippen molar-refractivity contribution in [2.24, 2.45) is 5.92 Å². The van der Waals surface area contributed by atoms with Gasteiger partial charge >= 0.3 is 0 Å². The van der Waals surface area contributed by atoms with Gasteiger partial charge in [-0.05, 0) is 51.6 Å². The van der Waals surface area contributed by atoms with E-state index >= 15 is 0 Å². The van der Waals surface area contributed by atoms with Crippen molar-refractivity contribution in [2.45, 2.75) is 64.5 Å². The van der Waals surface area contributed by atoms with Gasteiger partial charge in [0.25, 0.3) is 0 Å². The third kappa shape index (κ3) is 4.18. The van der Waals surface area contributed by atoms with Gasteiger partial charge in [0.2, 0.25) is 5.91 Å². The van der Waals surface area contributed by atoms with Crippen molar-refractivity contribution < 1.29 is 4.79 Å². The van der Waals surface area contributed by atoms with Crippen LogP contribution in [0.2, 0.25) is 0 Å². The van der Waals surface area contributed by atoms with E-state index < -0.39 is 0 Å². The maximum Gasteiger partial charge on any atom is 0.226 e. The predicted molar refractivity (Wildman–Crippen MR) is 98.9 cm³/mol. The van der Waals surface area contributed by atoms with E-state index in [9.17, 15) is 4.79 Å². The normalized spacial score (nSPS) is 26.0. The molecule has 2 atom stereocenters. The highest BCUT2D eigenvalue weighted by Crippen LogP contribution is 2.28. The first-order chi connectivity index (χ1) is 11.6. The Kier molecular flexibility index (Phi) is 5.94. The molecule has 1 aromatic rings. The molecule has 3 rings (SSSR count). The van der Waals surface area contributed by atoms with Crippen LogP contribution >= 0.6 is 0 Å². The highest BCUT2D eigenvalue weighted by molar-refractivity contribution is 5.79. The average Bonchev–Trinajstić information content (AvgIpc) is 3.12. The highest BCUT2D eigenvalue weighted by atomic mass is 16.2. The number of rotatable bonds is 5. The second-order valence-corrected chi connectivity index (χ2v) is 7.75. The van der Waals surface area contributed by atoms with Gasteiger partial charge in [0.1, 0.15) is 0 Å². The Morgan fingerprint density at radius 1 is 1.04 bits per heavy atom. The lowest BCUT2D eigenvalue weighted by molar-refractivity contribution is -0.141. The Morgan fingerprint density at radius 3 is 2.46 bits per heavy atom. The molecule has 1 aromatic carbocycles. The minimum Gasteiger partial charge on any atom is -0.337 e. The number of nitrogens with zero attached hydrogens (tertiary/aromatic N) is 2. The molecule has 24 heavy (non-hydrogen) atoms. The summed E-state index contributed by atoms with van der Waals surface area (Å²) >= 11 is 0.